The zero-order chi connectivity index (χ0) is 11.6. The second-order valence-corrected chi connectivity index (χ2v) is 6.16. The average molecular weight is 224 g/mol. The second kappa shape index (κ2) is 4.59. The van der Waals surface area contributed by atoms with Crippen molar-refractivity contribution in [1.29, 1.82) is 0 Å². The molecule has 0 radical (unpaired) electrons. The van der Waals surface area contributed by atoms with Crippen molar-refractivity contribution < 1.29 is 17.5 Å². The highest BCUT2D eigenvalue weighted by Gasteiger charge is 2.40. The maximum atomic E-state index is 11.2. The average Bonchev–Trinajstić information content (AvgIpc) is 1.78. The van der Waals surface area contributed by atoms with Crippen molar-refractivity contribution in [2.24, 2.45) is 5.92 Å². The summed E-state index contributed by atoms with van der Waals surface area (Å²) in [7, 11) is -0.301. The molecule has 0 bridgehead atoms. The fourth-order valence-corrected chi connectivity index (χ4v) is 3.73. The highest BCUT2D eigenvalue weighted by Crippen LogP contribution is 2.21. The summed E-state index contributed by atoms with van der Waals surface area (Å²) in [5.41, 5.74) is 0. The third kappa shape index (κ3) is 3.55. The molecule has 0 saturated carbocycles. The van der Waals surface area contributed by atoms with Gasteiger partial charge in [0.05, 0.1) is 20.6 Å². The minimum Gasteiger partial charge on any atom is -0.311 e. The molecule has 1 N–H and O–H groups in total. The molecule has 0 amide bonds. The zero-order valence-corrected chi connectivity index (χ0v) is 10.5. The van der Waals surface area contributed by atoms with E-state index < -0.39 is 15.5 Å². The molecule has 86 valence electrons. The lowest BCUT2D eigenvalue weighted by Crippen LogP contribution is -2.55. The fraction of sp³-hybridized carbons (Fsp3) is 1.00. The Kier molecular flexibility index (Phi) is 4.55. The van der Waals surface area contributed by atoms with Crippen molar-refractivity contribution in [3.63, 3.8) is 0 Å². The standard InChI is InChI=1S/C9H21NO3S/c1-6-7-10(4,5)9(8(2)3)14(11,12)13/h8-9H,6-7H2,1-5H3/p+1. The first-order valence-corrected chi connectivity index (χ1v) is 6.42. The van der Waals surface area contributed by atoms with Crippen LogP contribution in [0.4, 0.5) is 0 Å². The van der Waals surface area contributed by atoms with E-state index in [0.29, 0.717) is 4.48 Å². The summed E-state index contributed by atoms with van der Waals surface area (Å²) in [6, 6.07) is 0. The van der Waals surface area contributed by atoms with Crippen LogP contribution in [0.3, 0.4) is 0 Å². The summed E-state index contributed by atoms with van der Waals surface area (Å²) < 4.78 is 31.9. The van der Waals surface area contributed by atoms with Crippen LogP contribution < -0.4 is 0 Å². The maximum Gasteiger partial charge on any atom is 0.319 e. The lowest BCUT2D eigenvalue weighted by atomic mass is 10.2. The van der Waals surface area contributed by atoms with Gasteiger partial charge in [0, 0.05) is 5.92 Å². The quantitative estimate of drug-likeness (QED) is 0.566. The fourth-order valence-electron chi connectivity index (χ4n) is 2.22. The Morgan fingerprint density at radius 3 is 1.93 bits per heavy atom. The highest BCUT2D eigenvalue weighted by atomic mass is 32.2. The van der Waals surface area contributed by atoms with Gasteiger partial charge in [0.2, 0.25) is 5.37 Å². The van der Waals surface area contributed by atoms with Crippen molar-refractivity contribution >= 4 is 10.1 Å². The van der Waals surface area contributed by atoms with Gasteiger partial charge in [-0.1, -0.05) is 20.8 Å². The molecular formula is C9H22NO3S+. The molecule has 1 atom stereocenters. The second-order valence-electron chi connectivity index (χ2n) is 4.65. The van der Waals surface area contributed by atoms with Crippen molar-refractivity contribution in [3.05, 3.63) is 0 Å². The Balaban J connectivity index is 5.03. The van der Waals surface area contributed by atoms with Gasteiger partial charge in [0.15, 0.2) is 0 Å². The zero-order valence-electron chi connectivity index (χ0n) is 9.69. The molecule has 0 saturated heterocycles. The molecule has 0 spiro atoms. The lowest BCUT2D eigenvalue weighted by Gasteiger charge is -2.37. The molecule has 0 aliphatic carbocycles. The predicted octanol–water partition coefficient (Wildman–Crippen LogP) is 1.34. The maximum absolute atomic E-state index is 11.2. The van der Waals surface area contributed by atoms with Gasteiger partial charge in [-0.3, -0.25) is 4.55 Å². The van der Waals surface area contributed by atoms with E-state index in [-0.39, 0.29) is 5.92 Å². The van der Waals surface area contributed by atoms with E-state index in [2.05, 4.69) is 0 Å². The van der Waals surface area contributed by atoms with Crippen LogP contribution in [0.25, 0.3) is 0 Å². The van der Waals surface area contributed by atoms with Gasteiger partial charge in [-0.15, -0.1) is 0 Å². The SMILES string of the molecule is CCC[N+](C)(C)C(C(C)C)S(=O)(=O)O. The number of rotatable bonds is 5. The monoisotopic (exact) mass is 224 g/mol. The number of nitrogens with zero attached hydrogens (tertiary/aromatic N) is 1. The van der Waals surface area contributed by atoms with Crippen LogP contribution >= 0.6 is 0 Å². The van der Waals surface area contributed by atoms with Crippen LogP contribution in [0.1, 0.15) is 27.2 Å². The van der Waals surface area contributed by atoms with E-state index in [1.807, 2.05) is 34.9 Å². The minimum atomic E-state index is -3.97. The molecule has 14 heavy (non-hydrogen) atoms. The topological polar surface area (TPSA) is 54.4 Å². The van der Waals surface area contributed by atoms with Gasteiger partial charge in [-0.2, -0.15) is 8.42 Å². The molecule has 4 nitrogen and oxygen atoms in total. The van der Waals surface area contributed by atoms with E-state index >= 15 is 0 Å². The first-order chi connectivity index (χ1) is 6.13. The van der Waals surface area contributed by atoms with Crippen molar-refractivity contribution in [2.45, 2.75) is 32.6 Å². The Hall–Kier alpha value is -0.130. The van der Waals surface area contributed by atoms with Gasteiger partial charge < -0.3 is 4.48 Å². The smallest absolute Gasteiger partial charge is 0.311 e. The van der Waals surface area contributed by atoms with Gasteiger partial charge in [0.25, 0.3) is 0 Å². The van der Waals surface area contributed by atoms with Gasteiger partial charge >= 0.3 is 10.1 Å². The molecule has 0 aromatic rings. The summed E-state index contributed by atoms with van der Waals surface area (Å²) in [5.74, 6) is -0.0912. The first-order valence-electron chi connectivity index (χ1n) is 4.92. The Morgan fingerprint density at radius 1 is 1.29 bits per heavy atom. The van der Waals surface area contributed by atoms with E-state index in [9.17, 15) is 8.42 Å². The first kappa shape index (κ1) is 13.9. The Bertz CT molecular complexity index is 270. The minimum absolute atomic E-state index is 0.0912. The summed E-state index contributed by atoms with van der Waals surface area (Å²) in [4.78, 5) is 0. The third-order valence-corrected chi connectivity index (χ3v) is 4.09. The van der Waals surface area contributed by atoms with E-state index in [4.69, 9.17) is 4.55 Å². The third-order valence-electron chi connectivity index (χ3n) is 2.36. The predicted molar refractivity (Wildman–Crippen MR) is 57.4 cm³/mol. The molecule has 0 aliphatic heterocycles. The molecule has 0 aliphatic rings. The van der Waals surface area contributed by atoms with Gasteiger partial charge in [0.1, 0.15) is 0 Å². The summed E-state index contributed by atoms with van der Waals surface area (Å²) >= 11 is 0. The molecule has 0 fully saturated rings. The molecule has 0 rings (SSSR count). The summed E-state index contributed by atoms with van der Waals surface area (Å²) in [6.45, 7) is 6.37. The molecule has 1 unspecified atom stereocenters. The number of quaternary nitrogens is 1. The number of hydrogen-bond acceptors (Lipinski definition) is 2. The molecular weight excluding hydrogens is 202 g/mol. The van der Waals surface area contributed by atoms with Crippen LogP contribution in [-0.2, 0) is 10.1 Å². The van der Waals surface area contributed by atoms with Crippen molar-refractivity contribution in [3.8, 4) is 0 Å². The molecule has 0 heterocycles. The lowest BCUT2D eigenvalue weighted by molar-refractivity contribution is -0.904. The Morgan fingerprint density at radius 2 is 1.71 bits per heavy atom. The van der Waals surface area contributed by atoms with Crippen LogP contribution in [0, 0.1) is 5.92 Å². The van der Waals surface area contributed by atoms with E-state index in [1.54, 1.807) is 0 Å². The summed E-state index contributed by atoms with van der Waals surface area (Å²) in [6.07, 6.45) is 0.895. The summed E-state index contributed by atoms with van der Waals surface area (Å²) in [5, 5.41) is -0.734. The van der Waals surface area contributed by atoms with Crippen molar-refractivity contribution in [1.82, 2.24) is 0 Å². The van der Waals surface area contributed by atoms with E-state index in [0.717, 1.165) is 13.0 Å². The van der Waals surface area contributed by atoms with Crippen LogP contribution in [0.2, 0.25) is 0 Å². The molecule has 0 aromatic carbocycles. The van der Waals surface area contributed by atoms with Crippen LogP contribution in [-0.4, -0.2) is 43.5 Å². The van der Waals surface area contributed by atoms with Crippen LogP contribution in [0.15, 0.2) is 0 Å². The normalized spacial score (nSPS) is 15.9. The molecule has 5 heteroatoms. The van der Waals surface area contributed by atoms with Crippen LogP contribution in [0.5, 0.6) is 0 Å². The van der Waals surface area contributed by atoms with E-state index in [1.165, 1.54) is 0 Å². The Labute approximate surface area is 87.3 Å². The largest absolute Gasteiger partial charge is 0.319 e. The van der Waals surface area contributed by atoms with Gasteiger partial charge in [-0.25, -0.2) is 0 Å². The van der Waals surface area contributed by atoms with Gasteiger partial charge in [-0.05, 0) is 6.42 Å². The highest BCUT2D eigenvalue weighted by molar-refractivity contribution is 7.86. The number of hydrogen-bond donors (Lipinski definition) is 1. The van der Waals surface area contributed by atoms with Crippen molar-refractivity contribution in [2.75, 3.05) is 20.6 Å². The molecule has 0 aromatic heterocycles.